The maximum atomic E-state index is 11.7. The van der Waals surface area contributed by atoms with Gasteiger partial charge in [-0.05, 0) is 58.7 Å². The normalized spacial score (nSPS) is 23.4. The summed E-state index contributed by atoms with van der Waals surface area (Å²) in [7, 11) is 2.11. The topological polar surface area (TPSA) is 61.4 Å². The van der Waals surface area contributed by atoms with Crippen molar-refractivity contribution in [1.82, 2.24) is 15.5 Å². The summed E-state index contributed by atoms with van der Waals surface area (Å²) in [5.74, 6) is -0.468. The Labute approximate surface area is 108 Å². The lowest BCUT2D eigenvalue weighted by Crippen LogP contribution is -2.48. The summed E-state index contributed by atoms with van der Waals surface area (Å²) in [4.78, 5) is 25.5. The van der Waals surface area contributed by atoms with Gasteiger partial charge in [-0.1, -0.05) is 0 Å². The molecule has 5 heteroatoms. The van der Waals surface area contributed by atoms with Crippen molar-refractivity contribution < 1.29 is 9.59 Å². The van der Waals surface area contributed by atoms with E-state index in [9.17, 15) is 9.59 Å². The van der Waals surface area contributed by atoms with Gasteiger partial charge in [0.2, 0.25) is 0 Å². The number of hydrogen-bond acceptors (Lipinski definition) is 3. The minimum atomic E-state index is -0.478. The summed E-state index contributed by atoms with van der Waals surface area (Å²) in [6.07, 6.45) is 4.18. The van der Waals surface area contributed by atoms with E-state index >= 15 is 0 Å². The summed E-state index contributed by atoms with van der Waals surface area (Å²) in [5, 5.41) is 5.54. The molecule has 0 aromatic heterocycles. The molecule has 0 aromatic carbocycles. The van der Waals surface area contributed by atoms with E-state index in [1.54, 1.807) is 0 Å². The van der Waals surface area contributed by atoms with Crippen LogP contribution in [0.25, 0.3) is 0 Å². The van der Waals surface area contributed by atoms with Gasteiger partial charge in [-0.3, -0.25) is 9.59 Å². The molecule has 1 aliphatic carbocycles. The van der Waals surface area contributed by atoms with Crippen molar-refractivity contribution in [1.29, 1.82) is 0 Å². The van der Waals surface area contributed by atoms with Crippen LogP contribution in [0.1, 0.15) is 32.6 Å². The van der Waals surface area contributed by atoms with Crippen LogP contribution in [-0.2, 0) is 9.59 Å². The van der Waals surface area contributed by atoms with E-state index in [1.807, 2.05) is 6.92 Å². The van der Waals surface area contributed by atoms with Crippen molar-refractivity contribution in [2.75, 3.05) is 20.1 Å². The van der Waals surface area contributed by atoms with E-state index in [1.165, 1.54) is 0 Å². The van der Waals surface area contributed by atoms with Crippen molar-refractivity contribution >= 4 is 11.8 Å². The fraction of sp³-hybridized carbons (Fsp3) is 0.846. The number of rotatable bonds is 3. The van der Waals surface area contributed by atoms with Gasteiger partial charge in [-0.15, -0.1) is 0 Å². The van der Waals surface area contributed by atoms with E-state index in [-0.39, 0.29) is 12.1 Å². The molecule has 2 fully saturated rings. The van der Waals surface area contributed by atoms with Gasteiger partial charge in [0.15, 0.2) is 0 Å². The van der Waals surface area contributed by atoms with E-state index < -0.39 is 11.8 Å². The Hall–Kier alpha value is -1.10. The van der Waals surface area contributed by atoms with Crippen LogP contribution in [0.15, 0.2) is 0 Å². The Morgan fingerprint density at radius 1 is 1.11 bits per heavy atom. The van der Waals surface area contributed by atoms with Crippen LogP contribution in [0.4, 0.5) is 0 Å². The quantitative estimate of drug-likeness (QED) is 0.702. The standard InChI is InChI=1S/C13H23N3O2/c1-9(10-5-7-16(2)8-6-10)14-12(17)13(18)15-11-3-4-11/h9-11H,3-8H2,1-2H3,(H,14,17)(H,15,18)/t9-/m0/s1. The zero-order valence-corrected chi connectivity index (χ0v) is 11.2. The Balaban J connectivity index is 1.73. The molecule has 0 spiro atoms. The second kappa shape index (κ2) is 5.69. The average Bonchev–Trinajstić information content (AvgIpc) is 3.13. The fourth-order valence-corrected chi connectivity index (χ4v) is 2.40. The van der Waals surface area contributed by atoms with Crippen molar-refractivity contribution in [3.8, 4) is 0 Å². The molecule has 1 saturated heterocycles. The summed E-state index contributed by atoms with van der Waals surface area (Å²) in [6.45, 7) is 4.14. The van der Waals surface area contributed by atoms with Crippen LogP contribution < -0.4 is 10.6 Å². The Morgan fingerprint density at radius 3 is 2.28 bits per heavy atom. The van der Waals surface area contributed by atoms with Gasteiger partial charge in [0.05, 0.1) is 0 Å². The third kappa shape index (κ3) is 3.70. The van der Waals surface area contributed by atoms with Crippen LogP contribution in [0.2, 0.25) is 0 Å². The number of amides is 2. The molecule has 2 aliphatic rings. The largest absolute Gasteiger partial charge is 0.345 e. The SMILES string of the molecule is C[C@H](NC(=O)C(=O)NC1CC1)C1CCN(C)CC1. The molecule has 1 atom stereocenters. The molecule has 1 heterocycles. The van der Waals surface area contributed by atoms with Crippen LogP contribution >= 0.6 is 0 Å². The molecule has 2 amide bonds. The monoisotopic (exact) mass is 253 g/mol. The van der Waals surface area contributed by atoms with E-state index in [4.69, 9.17) is 0 Å². The molecule has 0 unspecified atom stereocenters. The highest BCUT2D eigenvalue weighted by Gasteiger charge is 2.29. The number of carbonyl (C=O) groups is 2. The number of likely N-dealkylation sites (tertiary alicyclic amines) is 1. The summed E-state index contributed by atoms with van der Waals surface area (Å²) in [5.41, 5.74) is 0. The predicted octanol–water partition coefficient (Wildman–Crippen LogP) is 0.112. The molecule has 5 nitrogen and oxygen atoms in total. The first-order chi connectivity index (χ1) is 8.56. The van der Waals surface area contributed by atoms with Crippen LogP contribution in [-0.4, -0.2) is 48.9 Å². The predicted molar refractivity (Wildman–Crippen MR) is 69.0 cm³/mol. The van der Waals surface area contributed by atoms with Crippen molar-refractivity contribution in [2.24, 2.45) is 5.92 Å². The molecular weight excluding hydrogens is 230 g/mol. The lowest BCUT2D eigenvalue weighted by atomic mass is 9.90. The molecule has 0 radical (unpaired) electrons. The second-order valence-corrected chi connectivity index (χ2v) is 5.65. The smallest absolute Gasteiger partial charge is 0.309 e. The summed E-state index contributed by atoms with van der Waals surface area (Å²) in [6, 6.07) is 0.318. The zero-order chi connectivity index (χ0) is 13.1. The number of nitrogens with one attached hydrogen (secondary N) is 2. The third-order valence-electron chi connectivity index (χ3n) is 3.95. The first kappa shape index (κ1) is 13.3. The van der Waals surface area contributed by atoms with Crippen molar-refractivity contribution in [3.63, 3.8) is 0 Å². The van der Waals surface area contributed by atoms with Gasteiger partial charge in [0.1, 0.15) is 0 Å². The third-order valence-corrected chi connectivity index (χ3v) is 3.95. The maximum Gasteiger partial charge on any atom is 0.309 e. The molecule has 0 aromatic rings. The van der Waals surface area contributed by atoms with Gasteiger partial charge in [-0.2, -0.15) is 0 Å². The lowest BCUT2D eigenvalue weighted by molar-refractivity contribution is -0.139. The Kier molecular flexibility index (Phi) is 4.22. The van der Waals surface area contributed by atoms with Crippen molar-refractivity contribution in [2.45, 2.75) is 44.7 Å². The lowest BCUT2D eigenvalue weighted by Gasteiger charge is -2.32. The number of piperidine rings is 1. The molecule has 18 heavy (non-hydrogen) atoms. The zero-order valence-electron chi connectivity index (χ0n) is 11.2. The highest BCUT2D eigenvalue weighted by molar-refractivity contribution is 6.35. The second-order valence-electron chi connectivity index (χ2n) is 5.65. The first-order valence-corrected chi connectivity index (χ1v) is 6.86. The van der Waals surface area contributed by atoms with E-state index in [2.05, 4.69) is 22.6 Å². The van der Waals surface area contributed by atoms with E-state index in [0.717, 1.165) is 38.8 Å². The molecule has 102 valence electrons. The van der Waals surface area contributed by atoms with Gasteiger partial charge in [0.25, 0.3) is 0 Å². The van der Waals surface area contributed by atoms with Gasteiger partial charge >= 0.3 is 11.8 Å². The Morgan fingerprint density at radius 2 is 1.72 bits per heavy atom. The highest BCUT2D eigenvalue weighted by atomic mass is 16.2. The van der Waals surface area contributed by atoms with Crippen LogP contribution in [0.5, 0.6) is 0 Å². The Bertz CT molecular complexity index is 320. The average molecular weight is 253 g/mol. The molecule has 1 saturated carbocycles. The molecule has 2 rings (SSSR count). The highest BCUT2D eigenvalue weighted by Crippen LogP contribution is 2.20. The molecule has 0 bridgehead atoms. The molecule has 1 aliphatic heterocycles. The van der Waals surface area contributed by atoms with Crippen molar-refractivity contribution in [3.05, 3.63) is 0 Å². The molecule has 2 N–H and O–H groups in total. The fourth-order valence-electron chi connectivity index (χ4n) is 2.40. The maximum absolute atomic E-state index is 11.7. The van der Waals surface area contributed by atoms with Crippen LogP contribution in [0, 0.1) is 5.92 Å². The summed E-state index contributed by atoms with van der Waals surface area (Å²) >= 11 is 0. The van der Waals surface area contributed by atoms with Gasteiger partial charge in [-0.25, -0.2) is 0 Å². The van der Waals surface area contributed by atoms with Gasteiger partial charge < -0.3 is 15.5 Å². The van der Waals surface area contributed by atoms with E-state index in [0.29, 0.717) is 5.92 Å². The van der Waals surface area contributed by atoms with Crippen LogP contribution in [0.3, 0.4) is 0 Å². The minimum Gasteiger partial charge on any atom is -0.345 e. The van der Waals surface area contributed by atoms with Gasteiger partial charge in [0, 0.05) is 12.1 Å². The number of nitrogens with zero attached hydrogens (tertiary/aromatic N) is 1. The minimum absolute atomic E-state index is 0.0798. The number of hydrogen-bond donors (Lipinski definition) is 2. The number of carbonyl (C=O) groups excluding carboxylic acids is 2. The molecular formula is C13H23N3O2. The summed E-state index contributed by atoms with van der Waals surface area (Å²) < 4.78 is 0. The first-order valence-electron chi connectivity index (χ1n) is 6.86.